The maximum Gasteiger partial charge on any atom is 0.354 e. The van der Waals surface area contributed by atoms with E-state index in [1.807, 2.05) is 0 Å². The van der Waals surface area contributed by atoms with Crippen molar-refractivity contribution in [2.75, 3.05) is 0 Å². The lowest BCUT2D eigenvalue weighted by Crippen LogP contribution is -2.23. The number of hydrogen-bond donors (Lipinski definition) is 2. The Balaban J connectivity index is 2.11. The van der Waals surface area contributed by atoms with Crippen molar-refractivity contribution in [1.82, 2.24) is 9.71 Å². The molecule has 21 heavy (non-hydrogen) atoms. The van der Waals surface area contributed by atoms with Gasteiger partial charge >= 0.3 is 5.97 Å². The second-order valence-electron chi connectivity index (χ2n) is 4.15. The first-order valence-electron chi connectivity index (χ1n) is 5.73. The van der Waals surface area contributed by atoms with E-state index in [-0.39, 0.29) is 17.1 Å². The number of carboxylic acid groups (broad SMARTS) is 1. The van der Waals surface area contributed by atoms with Gasteiger partial charge in [0.2, 0.25) is 10.0 Å². The van der Waals surface area contributed by atoms with Gasteiger partial charge in [0.15, 0.2) is 0 Å². The fraction of sp³-hybridized carbons (Fsp3) is 0.167. The highest BCUT2D eigenvalue weighted by atomic mass is 79.9. The van der Waals surface area contributed by atoms with Crippen LogP contribution in [0.4, 0.5) is 0 Å². The number of halogens is 1. The molecule has 0 saturated heterocycles. The summed E-state index contributed by atoms with van der Waals surface area (Å²) in [6, 6.07) is 4.40. The Labute approximate surface area is 134 Å². The molecule has 2 N–H and O–H groups in total. The summed E-state index contributed by atoms with van der Waals surface area (Å²) >= 11 is 4.60. The van der Waals surface area contributed by atoms with Crippen molar-refractivity contribution >= 4 is 43.3 Å². The molecule has 0 spiro atoms. The van der Waals surface area contributed by atoms with E-state index in [2.05, 4.69) is 25.6 Å². The average Bonchev–Trinajstić information content (AvgIpc) is 2.77. The zero-order chi connectivity index (χ0) is 15.6. The van der Waals surface area contributed by atoms with Crippen molar-refractivity contribution < 1.29 is 18.3 Å². The van der Waals surface area contributed by atoms with Crippen molar-refractivity contribution in [2.24, 2.45) is 0 Å². The number of nitrogens with one attached hydrogen (secondary N) is 1. The fourth-order valence-corrected chi connectivity index (χ4v) is 5.04. The van der Waals surface area contributed by atoms with Crippen LogP contribution in [-0.4, -0.2) is 24.5 Å². The first-order chi connectivity index (χ1) is 9.79. The predicted octanol–water partition coefficient (Wildman–Crippen LogP) is 2.39. The number of aromatic nitrogens is 1. The molecule has 0 fully saturated rings. The van der Waals surface area contributed by atoms with E-state index in [9.17, 15) is 13.2 Å². The Morgan fingerprint density at radius 1 is 1.48 bits per heavy atom. The maximum atomic E-state index is 12.2. The minimum absolute atomic E-state index is 0.0438. The molecular formula is C12H11BrN2O4S2. The summed E-state index contributed by atoms with van der Waals surface area (Å²) in [7, 11) is -3.61. The van der Waals surface area contributed by atoms with Crippen molar-refractivity contribution in [2.45, 2.75) is 18.4 Å². The number of nitrogens with zero attached hydrogens (tertiary/aromatic N) is 1. The monoisotopic (exact) mass is 390 g/mol. The van der Waals surface area contributed by atoms with Gasteiger partial charge in [0.1, 0.15) is 5.69 Å². The lowest BCUT2D eigenvalue weighted by Gasteiger charge is -2.06. The third-order valence-electron chi connectivity index (χ3n) is 2.64. The van der Waals surface area contributed by atoms with E-state index >= 15 is 0 Å². The number of carbonyl (C=O) groups is 1. The third kappa shape index (κ3) is 3.88. The zero-order valence-corrected chi connectivity index (χ0v) is 14.0. The van der Waals surface area contributed by atoms with Gasteiger partial charge in [-0.2, -0.15) is 0 Å². The lowest BCUT2D eigenvalue weighted by molar-refractivity contribution is 0.0690. The Morgan fingerprint density at radius 2 is 2.19 bits per heavy atom. The minimum Gasteiger partial charge on any atom is -0.477 e. The molecule has 0 aromatic carbocycles. The quantitative estimate of drug-likeness (QED) is 0.816. The van der Waals surface area contributed by atoms with Crippen LogP contribution in [0.5, 0.6) is 0 Å². The Kier molecular flexibility index (Phi) is 4.77. The van der Waals surface area contributed by atoms with Crippen LogP contribution in [-0.2, 0) is 16.6 Å². The molecule has 0 amide bonds. The topological polar surface area (TPSA) is 96.4 Å². The van der Waals surface area contributed by atoms with Gasteiger partial charge in [0, 0.05) is 17.6 Å². The zero-order valence-electron chi connectivity index (χ0n) is 10.8. The molecule has 2 rings (SSSR count). The van der Waals surface area contributed by atoms with Gasteiger partial charge in [-0.1, -0.05) is 6.07 Å². The smallest absolute Gasteiger partial charge is 0.354 e. The number of aromatic carboxylic acids is 1. The number of pyridine rings is 1. The molecule has 0 aliphatic rings. The predicted molar refractivity (Wildman–Crippen MR) is 82.0 cm³/mol. The van der Waals surface area contributed by atoms with E-state index in [4.69, 9.17) is 5.11 Å². The molecule has 0 bridgehead atoms. The summed E-state index contributed by atoms with van der Waals surface area (Å²) in [6.45, 7) is 1.77. The van der Waals surface area contributed by atoms with Gasteiger partial charge in [-0.05, 0) is 40.5 Å². The molecule has 0 saturated carbocycles. The van der Waals surface area contributed by atoms with Crippen LogP contribution in [0.25, 0.3) is 0 Å². The number of carboxylic acids is 1. The molecule has 2 aromatic rings. The van der Waals surface area contributed by atoms with Crippen molar-refractivity contribution in [3.8, 4) is 0 Å². The van der Waals surface area contributed by atoms with Crippen molar-refractivity contribution in [3.05, 3.63) is 44.3 Å². The molecule has 6 nitrogen and oxygen atoms in total. The summed E-state index contributed by atoms with van der Waals surface area (Å²) < 4.78 is 27.6. The average molecular weight is 391 g/mol. The van der Waals surface area contributed by atoms with E-state index < -0.39 is 16.0 Å². The van der Waals surface area contributed by atoms with Crippen molar-refractivity contribution in [1.29, 1.82) is 0 Å². The van der Waals surface area contributed by atoms with Gasteiger partial charge < -0.3 is 5.11 Å². The second kappa shape index (κ2) is 6.22. The molecule has 0 atom stereocenters. The van der Waals surface area contributed by atoms with Crippen LogP contribution >= 0.6 is 27.3 Å². The number of sulfonamides is 1. The van der Waals surface area contributed by atoms with Crippen LogP contribution < -0.4 is 4.72 Å². The summed E-state index contributed by atoms with van der Waals surface area (Å²) in [4.78, 5) is 15.3. The molecular weight excluding hydrogens is 380 g/mol. The number of rotatable bonds is 5. The second-order valence-corrected chi connectivity index (χ2v) is 8.52. The Hall–Kier alpha value is -1.29. The molecule has 2 aromatic heterocycles. The summed E-state index contributed by atoms with van der Waals surface area (Å²) in [5, 5.41) is 8.74. The SMILES string of the molecule is Cc1sc(Br)cc1S(=O)(=O)NCc1ccc(C(=O)O)nc1. The maximum absolute atomic E-state index is 12.2. The van der Waals surface area contributed by atoms with Gasteiger partial charge in [-0.3, -0.25) is 0 Å². The van der Waals surface area contributed by atoms with Crippen LogP contribution in [0, 0.1) is 6.92 Å². The van der Waals surface area contributed by atoms with Gasteiger partial charge in [-0.15, -0.1) is 11.3 Å². The third-order valence-corrected chi connectivity index (χ3v) is 5.85. The van der Waals surface area contributed by atoms with Gasteiger partial charge in [0.25, 0.3) is 0 Å². The summed E-state index contributed by atoms with van der Waals surface area (Å²) in [5.74, 6) is -1.12. The van der Waals surface area contributed by atoms with E-state index in [0.717, 1.165) is 3.79 Å². The Morgan fingerprint density at radius 3 is 2.67 bits per heavy atom. The highest BCUT2D eigenvalue weighted by molar-refractivity contribution is 9.11. The molecule has 112 valence electrons. The highest BCUT2D eigenvalue weighted by Gasteiger charge is 2.19. The normalized spacial score (nSPS) is 11.5. The first-order valence-corrected chi connectivity index (χ1v) is 8.82. The summed E-state index contributed by atoms with van der Waals surface area (Å²) in [5.41, 5.74) is 0.495. The molecule has 0 aliphatic carbocycles. The van der Waals surface area contributed by atoms with Gasteiger partial charge in [-0.25, -0.2) is 22.9 Å². The molecule has 0 unspecified atom stereocenters. The van der Waals surface area contributed by atoms with Crippen molar-refractivity contribution in [3.63, 3.8) is 0 Å². The number of hydrogen-bond acceptors (Lipinski definition) is 5. The summed E-state index contributed by atoms with van der Waals surface area (Å²) in [6.07, 6.45) is 1.34. The van der Waals surface area contributed by atoms with E-state index in [1.165, 1.54) is 29.7 Å². The fourth-order valence-electron chi connectivity index (χ4n) is 1.61. The molecule has 0 aliphatic heterocycles. The molecule has 9 heteroatoms. The number of thiophene rings is 1. The van der Waals surface area contributed by atoms with E-state index in [1.54, 1.807) is 13.0 Å². The van der Waals surface area contributed by atoms with Gasteiger partial charge in [0.05, 0.1) is 8.68 Å². The standard InChI is InChI=1S/C12H11BrN2O4S2/c1-7-10(4-11(13)20-7)21(18,19)15-6-8-2-3-9(12(16)17)14-5-8/h2-5,15H,6H2,1H3,(H,16,17). The first kappa shape index (κ1) is 16.1. The largest absolute Gasteiger partial charge is 0.477 e. The van der Waals surface area contributed by atoms with E-state index in [0.29, 0.717) is 10.4 Å². The molecule has 0 radical (unpaired) electrons. The van der Waals surface area contributed by atoms with Crippen LogP contribution in [0.15, 0.2) is 33.1 Å². The van der Waals surface area contributed by atoms with Crippen LogP contribution in [0.2, 0.25) is 0 Å². The van der Waals surface area contributed by atoms with Crippen LogP contribution in [0.1, 0.15) is 20.9 Å². The minimum atomic E-state index is -3.61. The number of aryl methyl sites for hydroxylation is 1. The Bertz CT molecular complexity index is 769. The van der Waals surface area contributed by atoms with Crippen LogP contribution in [0.3, 0.4) is 0 Å². The highest BCUT2D eigenvalue weighted by Crippen LogP contribution is 2.29. The lowest BCUT2D eigenvalue weighted by atomic mass is 10.2. The molecule has 2 heterocycles.